The van der Waals surface area contributed by atoms with Crippen LogP contribution < -0.4 is 4.74 Å². The number of hydrogen-bond donors (Lipinski definition) is 2. The van der Waals surface area contributed by atoms with E-state index < -0.39 is 11.6 Å². The van der Waals surface area contributed by atoms with Gasteiger partial charge in [0.05, 0.1) is 11.2 Å². The number of carboxylic acids is 1. The monoisotopic (exact) mass is 586 g/mol. The van der Waals surface area contributed by atoms with Crippen LogP contribution in [-0.2, 0) is 11.2 Å². The largest absolute Gasteiger partial charge is 0.481 e. The Morgan fingerprint density at radius 2 is 1.56 bits per heavy atom. The summed E-state index contributed by atoms with van der Waals surface area (Å²) >= 11 is 0. The van der Waals surface area contributed by atoms with Crippen LogP contribution in [0.25, 0.3) is 0 Å². The van der Waals surface area contributed by atoms with E-state index in [2.05, 4.69) is 19.1 Å². The third kappa shape index (κ3) is 5.56. The maximum Gasteiger partial charge on any atom is 0.343 e. The van der Waals surface area contributed by atoms with Crippen molar-refractivity contribution in [1.82, 2.24) is 0 Å². The van der Waals surface area contributed by atoms with E-state index in [9.17, 15) is 14.7 Å². The molecule has 5 heteroatoms. The molecule has 0 amide bonds. The Kier molecular flexibility index (Phi) is 8.75. The summed E-state index contributed by atoms with van der Waals surface area (Å²) in [6.07, 6.45) is 18.2. The normalized spacial score (nSPS) is 32.1. The van der Waals surface area contributed by atoms with Gasteiger partial charge in [-0.15, -0.1) is 0 Å². The van der Waals surface area contributed by atoms with Gasteiger partial charge in [-0.05, 0) is 116 Å². The van der Waals surface area contributed by atoms with Crippen molar-refractivity contribution in [3.8, 4) is 5.75 Å². The minimum absolute atomic E-state index is 0.0183. The molecular formula is C38H50O5. The molecule has 4 aliphatic rings. The zero-order valence-electron chi connectivity index (χ0n) is 26.0. The van der Waals surface area contributed by atoms with Crippen LogP contribution in [0, 0.1) is 22.7 Å². The zero-order valence-corrected chi connectivity index (χ0v) is 26.0. The molecule has 0 aromatic heterocycles. The first kappa shape index (κ1) is 30.4. The highest BCUT2D eigenvalue weighted by atomic mass is 16.5. The smallest absolute Gasteiger partial charge is 0.343 e. The fraction of sp³-hybridized carbons (Fsp3) is 0.632. The van der Waals surface area contributed by atoms with Crippen molar-refractivity contribution in [2.75, 3.05) is 0 Å². The van der Waals surface area contributed by atoms with E-state index in [-0.39, 0.29) is 16.8 Å². The Morgan fingerprint density at radius 3 is 2.26 bits per heavy atom. The van der Waals surface area contributed by atoms with Crippen molar-refractivity contribution in [2.24, 2.45) is 22.7 Å². The number of unbranched alkanes of at least 4 members (excludes halogenated alkanes) is 7. The lowest BCUT2D eigenvalue weighted by molar-refractivity contribution is -0.137. The summed E-state index contributed by atoms with van der Waals surface area (Å²) < 4.78 is 5.82. The number of fused-ring (bicyclic) bond motifs is 3. The second kappa shape index (κ2) is 12.4. The van der Waals surface area contributed by atoms with Gasteiger partial charge in [0.1, 0.15) is 5.75 Å². The van der Waals surface area contributed by atoms with Crippen molar-refractivity contribution >= 4 is 11.9 Å². The molecule has 0 heterocycles. The van der Waals surface area contributed by atoms with Gasteiger partial charge in [0.2, 0.25) is 0 Å². The van der Waals surface area contributed by atoms with Crippen LogP contribution in [0.5, 0.6) is 5.75 Å². The van der Waals surface area contributed by atoms with Crippen LogP contribution in [-0.4, -0.2) is 27.8 Å². The maximum atomic E-state index is 12.8. The van der Waals surface area contributed by atoms with Gasteiger partial charge in [-0.2, -0.15) is 0 Å². The molecule has 4 atom stereocenters. The summed E-state index contributed by atoms with van der Waals surface area (Å²) in [5.41, 5.74) is 3.16. The van der Waals surface area contributed by atoms with Crippen molar-refractivity contribution in [3.63, 3.8) is 0 Å². The van der Waals surface area contributed by atoms with E-state index in [1.54, 1.807) is 12.1 Å². The van der Waals surface area contributed by atoms with Crippen LogP contribution in [0.15, 0.2) is 48.5 Å². The second-order valence-corrected chi connectivity index (χ2v) is 14.5. The van der Waals surface area contributed by atoms with E-state index in [0.29, 0.717) is 35.5 Å². The topological polar surface area (TPSA) is 83.8 Å². The van der Waals surface area contributed by atoms with Crippen molar-refractivity contribution in [2.45, 2.75) is 128 Å². The number of hydrogen-bond acceptors (Lipinski definition) is 4. The molecule has 2 aromatic carbocycles. The van der Waals surface area contributed by atoms with Gasteiger partial charge in [0.25, 0.3) is 0 Å². The highest BCUT2D eigenvalue weighted by Gasteiger charge is 2.74. The molecule has 5 nitrogen and oxygen atoms in total. The molecule has 0 saturated heterocycles. The van der Waals surface area contributed by atoms with Gasteiger partial charge < -0.3 is 14.9 Å². The minimum Gasteiger partial charge on any atom is -0.481 e. The highest BCUT2D eigenvalue weighted by molar-refractivity contribution is 5.91. The summed E-state index contributed by atoms with van der Waals surface area (Å²) in [5, 5.41) is 20.7. The first-order chi connectivity index (χ1) is 20.8. The Bertz CT molecular complexity index is 1290. The van der Waals surface area contributed by atoms with E-state index in [1.807, 2.05) is 24.3 Å². The minimum atomic E-state index is -0.685. The van der Waals surface area contributed by atoms with Crippen LogP contribution in [0.2, 0.25) is 0 Å². The van der Waals surface area contributed by atoms with Crippen LogP contribution in [0.3, 0.4) is 0 Å². The number of aryl methyl sites for hydroxylation is 1. The average Bonchev–Trinajstić information content (AvgIpc) is 3.37. The molecule has 0 spiro atoms. The van der Waals surface area contributed by atoms with Gasteiger partial charge >= 0.3 is 11.9 Å². The summed E-state index contributed by atoms with van der Waals surface area (Å²) in [5.74, 6) is 1.35. The molecule has 4 aliphatic carbocycles. The third-order valence-corrected chi connectivity index (χ3v) is 12.6. The molecule has 3 fully saturated rings. The average molecular weight is 587 g/mol. The number of carbonyl (C=O) groups excluding carboxylic acids is 1. The highest BCUT2D eigenvalue weighted by Crippen LogP contribution is 2.78. The quantitative estimate of drug-likeness (QED) is 0.139. The van der Waals surface area contributed by atoms with Gasteiger partial charge in [-0.25, -0.2) is 4.79 Å². The third-order valence-electron chi connectivity index (χ3n) is 12.6. The molecule has 2 N–H and O–H groups in total. The zero-order chi connectivity index (χ0) is 30.1. The molecule has 2 bridgehead atoms. The van der Waals surface area contributed by atoms with E-state index in [1.165, 1.54) is 62.5 Å². The molecule has 0 aliphatic heterocycles. The molecule has 0 radical (unpaired) electrons. The van der Waals surface area contributed by atoms with Gasteiger partial charge in [0.15, 0.2) is 0 Å². The molecule has 6 rings (SSSR count). The molecular weight excluding hydrogens is 536 g/mol. The summed E-state index contributed by atoms with van der Waals surface area (Å²) in [6, 6.07) is 15.6. The number of ether oxygens (including phenoxy) is 1. The molecule has 43 heavy (non-hydrogen) atoms. The van der Waals surface area contributed by atoms with Crippen LogP contribution in [0.1, 0.15) is 137 Å². The predicted octanol–water partition coefficient (Wildman–Crippen LogP) is 8.87. The molecule has 3 saturated carbocycles. The lowest BCUT2D eigenvalue weighted by atomic mass is 9.45. The van der Waals surface area contributed by atoms with Crippen LogP contribution >= 0.6 is 0 Å². The molecule has 0 unspecified atom stereocenters. The lowest BCUT2D eigenvalue weighted by Gasteiger charge is -2.59. The number of carbonyl (C=O) groups is 2. The van der Waals surface area contributed by atoms with Crippen LogP contribution in [0.4, 0.5) is 0 Å². The fourth-order valence-corrected chi connectivity index (χ4v) is 10.4. The van der Waals surface area contributed by atoms with E-state index >= 15 is 0 Å². The molecule has 2 aromatic rings. The number of esters is 1. The van der Waals surface area contributed by atoms with E-state index in [4.69, 9.17) is 9.84 Å². The van der Waals surface area contributed by atoms with E-state index in [0.717, 1.165) is 51.4 Å². The van der Waals surface area contributed by atoms with Crippen molar-refractivity contribution in [3.05, 3.63) is 65.2 Å². The Balaban J connectivity index is 1.14. The second-order valence-electron chi connectivity index (χ2n) is 14.5. The summed E-state index contributed by atoms with van der Waals surface area (Å²) in [7, 11) is 0. The fourth-order valence-electron chi connectivity index (χ4n) is 10.4. The predicted molar refractivity (Wildman–Crippen MR) is 168 cm³/mol. The summed E-state index contributed by atoms with van der Waals surface area (Å²) in [6.45, 7) is 2.45. The Labute approximate surface area is 257 Å². The Morgan fingerprint density at radius 1 is 0.884 bits per heavy atom. The van der Waals surface area contributed by atoms with Gasteiger partial charge in [-0.3, -0.25) is 4.79 Å². The number of carboxylic acid groups (broad SMARTS) is 1. The number of aliphatic hydroxyl groups is 1. The number of aliphatic carboxylic acids is 1. The number of benzene rings is 2. The maximum absolute atomic E-state index is 12.8. The first-order valence-electron chi connectivity index (χ1n) is 17.1. The van der Waals surface area contributed by atoms with Gasteiger partial charge in [-0.1, -0.05) is 76.1 Å². The standard InChI is InChI=1S/C38H50O5/c1-36-26-29(15-9-6-4-2-3-5-7-12-16-33(39)40)34-31-19-18-30(43-35(41)27-13-10-8-11-14-27)25-28(31)17-20-32(34)37(36)21-23-38(36,42)24-22-37/h8,10-11,13-14,18-19,25,29,32,34,42H,2-7,9,12,15-17,20-24,26H2,1H3,(H,39,40)/t29-,32+,34+,36-,37?,38?/m0/s1. The lowest BCUT2D eigenvalue weighted by Crippen LogP contribution is -2.54. The van der Waals surface area contributed by atoms with Crippen molar-refractivity contribution < 1.29 is 24.5 Å². The first-order valence-corrected chi connectivity index (χ1v) is 17.1. The van der Waals surface area contributed by atoms with Crippen molar-refractivity contribution in [1.29, 1.82) is 0 Å². The van der Waals surface area contributed by atoms with Gasteiger partial charge in [0, 0.05) is 11.8 Å². The summed E-state index contributed by atoms with van der Waals surface area (Å²) in [4.78, 5) is 23.5. The number of rotatable bonds is 13. The Hall–Kier alpha value is -2.66. The SMILES string of the molecule is C[C@]12C[C@H](CCCCCCCCCCC(=O)O)[C@@H]3c4ccc(OC(=O)c5ccccc5)cc4CC[C@H]3C13CCC2(O)CC3. The molecule has 232 valence electrons.